The third kappa shape index (κ3) is 4.36. The van der Waals surface area contributed by atoms with Crippen LogP contribution in [0.4, 0.5) is 5.69 Å². The average Bonchev–Trinajstić information content (AvgIpc) is 2.56. The summed E-state index contributed by atoms with van der Waals surface area (Å²) in [5, 5.41) is 10.5. The SMILES string of the molecule is Cc1cncc(CC(=O)Nc2cccc(Oc3cccnn3)c2)c1. The van der Waals surface area contributed by atoms with Gasteiger partial charge < -0.3 is 10.1 Å². The van der Waals surface area contributed by atoms with Crippen molar-refractivity contribution in [3.05, 3.63) is 72.2 Å². The van der Waals surface area contributed by atoms with Gasteiger partial charge in [0.15, 0.2) is 0 Å². The minimum Gasteiger partial charge on any atom is -0.437 e. The summed E-state index contributed by atoms with van der Waals surface area (Å²) in [6, 6.07) is 12.5. The lowest BCUT2D eigenvalue weighted by Crippen LogP contribution is -2.14. The Kier molecular flexibility index (Phi) is 4.76. The van der Waals surface area contributed by atoms with Crippen molar-refractivity contribution >= 4 is 11.6 Å². The largest absolute Gasteiger partial charge is 0.437 e. The fraction of sp³-hybridized carbons (Fsp3) is 0.111. The van der Waals surface area contributed by atoms with Crippen molar-refractivity contribution < 1.29 is 9.53 Å². The number of benzene rings is 1. The molecule has 1 aromatic carbocycles. The first-order chi connectivity index (χ1) is 11.7. The number of amides is 1. The standard InChI is InChI=1S/C18H16N4O2/c1-13-8-14(12-19-11-13)9-17(23)21-15-4-2-5-16(10-15)24-18-6-3-7-20-22-18/h2-8,10-12H,9H2,1H3,(H,21,23). The summed E-state index contributed by atoms with van der Waals surface area (Å²) in [6.45, 7) is 1.95. The molecule has 3 aromatic rings. The van der Waals surface area contributed by atoms with Crippen molar-refractivity contribution in [2.24, 2.45) is 0 Å². The van der Waals surface area contributed by atoms with Crippen LogP contribution < -0.4 is 10.1 Å². The number of aromatic nitrogens is 3. The summed E-state index contributed by atoms with van der Waals surface area (Å²) in [4.78, 5) is 16.3. The third-order valence-corrected chi connectivity index (χ3v) is 3.18. The highest BCUT2D eigenvalue weighted by molar-refractivity contribution is 5.92. The van der Waals surface area contributed by atoms with E-state index in [1.54, 1.807) is 55.0 Å². The van der Waals surface area contributed by atoms with E-state index in [0.717, 1.165) is 11.1 Å². The second-order valence-corrected chi connectivity index (χ2v) is 5.29. The zero-order valence-corrected chi connectivity index (χ0v) is 13.1. The summed E-state index contributed by atoms with van der Waals surface area (Å²) in [6.07, 6.45) is 5.29. The monoisotopic (exact) mass is 320 g/mol. The third-order valence-electron chi connectivity index (χ3n) is 3.18. The number of hydrogen-bond donors (Lipinski definition) is 1. The predicted molar refractivity (Wildman–Crippen MR) is 89.9 cm³/mol. The molecule has 0 fully saturated rings. The Morgan fingerprint density at radius 2 is 2.08 bits per heavy atom. The van der Waals surface area contributed by atoms with E-state index in [1.807, 2.05) is 13.0 Å². The Morgan fingerprint density at radius 3 is 2.88 bits per heavy atom. The van der Waals surface area contributed by atoms with Crippen molar-refractivity contribution in [3.63, 3.8) is 0 Å². The van der Waals surface area contributed by atoms with Gasteiger partial charge in [0.25, 0.3) is 0 Å². The van der Waals surface area contributed by atoms with Crippen LogP contribution in [0.15, 0.2) is 61.1 Å². The number of rotatable bonds is 5. The van der Waals surface area contributed by atoms with Crippen molar-refractivity contribution in [3.8, 4) is 11.6 Å². The lowest BCUT2D eigenvalue weighted by atomic mass is 10.1. The summed E-state index contributed by atoms with van der Waals surface area (Å²) in [5.41, 5.74) is 2.56. The second-order valence-electron chi connectivity index (χ2n) is 5.29. The maximum absolute atomic E-state index is 12.2. The maximum atomic E-state index is 12.2. The molecule has 0 aliphatic heterocycles. The zero-order valence-electron chi connectivity index (χ0n) is 13.1. The van der Waals surface area contributed by atoms with E-state index >= 15 is 0 Å². The van der Waals surface area contributed by atoms with E-state index in [2.05, 4.69) is 20.5 Å². The molecule has 0 bridgehead atoms. The normalized spacial score (nSPS) is 10.2. The molecule has 0 radical (unpaired) electrons. The van der Waals surface area contributed by atoms with Crippen LogP contribution in [0.5, 0.6) is 11.6 Å². The van der Waals surface area contributed by atoms with E-state index < -0.39 is 0 Å². The van der Waals surface area contributed by atoms with Crippen LogP contribution in [0, 0.1) is 6.92 Å². The second kappa shape index (κ2) is 7.32. The van der Waals surface area contributed by atoms with Gasteiger partial charge >= 0.3 is 0 Å². The van der Waals surface area contributed by atoms with Crippen LogP contribution in [0.2, 0.25) is 0 Å². The lowest BCUT2D eigenvalue weighted by molar-refractivity contribution is -0.115. The zero-order chi connectivity index (χ0) is 16.8. The molecular formula is C18H16N4O2. The van der Waals surface area contributed by atoms with Crippen LogP contribution in [-0.2, 0) is 11.2 Å². The van der Waals surface area contributed by atoms with Crippen molar-refractivity contribution in [2.75, 3.05) is 5.32 Å². The number of nitrogens with zero attached hydrogens (tertiary/aromatic N) is 3. The number of carbonyl (C=O) groups excluding carboxylic acids is 1. The van der Waals surface area contributed by atoms with Gasteiger partial charge in [-0.1, -0.05) is 12.1 Å². The van der Waals surface area contributed by atoms with Gasteiger partial charge in [-0.15, -0.1) is 5.10 Å². The molecule has 1 amide bonds. The molecule has 3 rings (SSSR count). The number of aryl methyl sites for hydroxylation is 1. The first kappa shape index (κ1) is 15.6. The fourth-order valence-corrected chi connectivity index (χ4v) is 2.20. The number of nitrogens with one attached hydrogen (secondary N) is 1. The molecule has 0 atom stereocenters. The van der Waals surface area contributed by atoms with Gasteiger partial charge in [-0.2, -0.15) is 5.10 Å². The van der Waals surface area contributed by atoms with Gasteiger partial charge in [-0.05, 0) is 36.2 Å². The van der Waals surface area contributed by atoms with Crippen LogP contribution in [0.3, 0.4) is 0 Å². The highest BCUT2D eigenvalue weighted by atomic mass is 16.5. The molecule has 2 heterocycles. The maximum Gasteiger partial charge on any atom is 0.238 e. The molecule has 6 nitrogen and oxygen atoms in total. The minimum absolute atomic E-state index is 0.112. The average molecular weight is 320 g/mol. The molecule has 0 aliphatic rings. The summed E-state index contributed by atoms with van der Waals surface area (Å²) in [5.74, 6) is 0.858. The molecule has 1 N–H and O–H groups in total. The molecular weight excluding hydrogens is 304 g/mol. The first-order valence-corrected chi connectivity index (χ1v) is 7.45. The highest BCUT2D eigenvalue weighted by Gasteiger charge is 2.06. The Labute approximate surface area is 139 Å². The number of ether oxygens (including phenoxy) is 1. The van der Waals surface area contributed by atoms with Crippen molar-refractivity contribution in [2.45, 2.75) is 13.3 Å². The number of pyridine rings is 1. The molecule has 6 heteroatoms. The van der Waals surface area contributed by atoms with Gasteiger partial charge in [-0.3, -0.25) is 9.78 Å². The Hall–Kier alpha value is -3.28. The van der Waals surface area contributed by atoms with Gasteiger partial charge in [0.2, 0.25) is 11.8 Å². The summed E-state index contributed by atoms with van der Waals surface area (Å²) in [7, 11) is 0. The van der Waals surface area contributed by atoms with Gasteiger partial charge in [0.05, 0.1) is 6.42 Å². The van der Waals surface area contributed by atoms with Crippen LogP contribution in [-0.4, -0.2) is 21.1 Å². The van der Waals surface area contributed by atoms with E-state index in [0.29, 0.717) is 17.3 Å². The molecule has 0 unspecified atom stereocenters. The Morgan fingerprint density at radius 1 is 1.17 bits per heavy atom. The topological polar surface area (TPSA) is 77.0 Å². The summed E-state index contributed by atoms with van der Waals surface area (Å²) < 4.78 is 5.60. The molecule has 0 aliphatic carbocycles. The Bertz CT molecular complexity index is 837. The van der Waals surface area contributed by atoms with Gasteiger partial charge in [0.1, 0.15) is 5.75 Å². The van der Waals surface area contributed by atoms with E-state index in [4.69, 9.17) is 4.74 Å². The minimum atomic E-state index is -0.112. The van der Waals surface area contributed by atoms with Gasteiger partial charge in [0, 0.05) is 36.4 Å². The lowest BCUT2D eigenvalue weighted by Gasteiger charge is -2.08. The Balaban J connectivity index is 1.65. The van der Waals surface area contributed by atoms with Crippen molar-refractivity contribution in [1.29, 1.82) is 0 Å². The van der Waals surface area contributed by atoms with E-state index in [1.165, 1.54) is 0 Å². The predicted octanol–water partition coefficient (Wildman–Crippen LogP) is 3.15. The van der Waals surface area contributed by atoms with E-state index in [-0.39, 0.29) is 12.3 Å². The molecule has 2 aromatic heterocycles. The quantitative estimate of drug-likeness (QED) is 0.781. The molecule has 0 saturated heterocycles. The van der Waals surface area contributed by atoms with Crippen LogP contribution in [0.1, 0.15) is 11.1 Å². The summed E-state index contributed by atoms with van der Waals surface area (Å²) >= 11 is 0. The van der Waals surface area contributed by atoms with Crippen molar-refractivity contribution in [1.82, 2.24) is 15.2 Å². The number of carbonyl (C=O) groups is 1. The number of hydrogen-bond acceptors (Lipinski definition) is 5. The van der Waals surface area contributed by atoms with E-state index in [9.17, 15) is 4.79 Å². The van der Waals surface area contributed by atoms with Crippen LogP contribution >= 0.6 is 0 Å². The molecule has 0 saturated carbocycles. The highest BCUT2D eigenvalue weighted by Crippen LogP contribution is 2.22. The first-order valence-electron chi connectivity index (χ1n) is 7.45. The smallest absolute Gasteiger partial charge is 0.238 e. The van der Waals surface area contributed by atoms with Gasteiger partial charge in [-0.25, -0.2) is 0 Å². The molecule has 0 spiro atoms. The number of anilines is 1. The fourth-order valence-electron chi connectivity index (χ4n) is 2.20. The molecule has 120 valence electrons. The van der Waals surface area contributed by atoms with Crippen LogP contribution in [0.25, 0.3) is 0 Å². The molecule has 24 heavy (non-hydrogen) atoms.